The molecule has 0 radical (unpaired) electrons. The van der Waals surface area contributed by atoms with Crippen molar-refractivity contribution >= 4 is 5.82 Å². The van der Waals surface area contributed by atoms with Crippen LogP contribution < -0.4 is 5.32 Å². The van der Waals surface area contributed by atoms with E-state index in [1.165, 1.54) is 13.1 Å². The summed E-state index contributed by atoms with van der Waals surface area (Å²) < 4.78 is 80.6. The smallest absolute Gasteiger partial charge is 0.366 e. The zero-order valence-corrected chi connectivity index (χ0v) is 13.8. The van der Waals surface area contributed by atoms with Gasteiger partial charge in [0.25, 0.3) is 0 Å². The largest absolute Gasteiger partial charge is 0.435 e. The van der Waals surface area contributed by atoms with E-state index in [4.69, 9.17) is 0 Å². The molecular weight excluding hydrogens is 374 g/mol. The Morgan fingerprint density at radius 3 is 2.26 bits per heavy atom. The highest BCUT2D eigenvalue weighted by atomic mass is 19.4. The highest BCUT2D eigenvalue weighted by molar-refractivity contribution is 5.61. The number of nitrogens with zero attached hydrogens (tertiary/aromatic N) is 3. The molecule has 0 atom stereocenters. The van der Waals surface area contributed by atoms with Crippen molar-refractivity contribution in [3.05, 3.63) is 65.2 Å². The molecule has 0 aliphatic rings. The molecule has 0 saturated carbocycles. The molecule has 10 heteroatoms. The topological polar surface area (TPSA) is 42.7 Å². The average Bonchev–Trinajstić information content (AvgIpc) is 2.96. The van der Waals surface area contributed by atoms with Gasteiger partial charge in [0.15, 0.2) is 5.69 Å². The minimum Gasteiger partial charge on any atom is -0.366 e. The van der Waals surface area contributed by atoms with Crippen molar-refractivity contribution in [2.45, 2.75) is 12.7 Å². The lowest BCUT2D eigenvalue weighted by molar-refractivity contribution is -0.141. The minimum atomic E-state index is -4.66. The van der Waals surface area contributed by atoms with Crippen molar-refractivity contribution in [1.82, 2.24) is 14.8 Å². The summed E-state index contributed by atoms with van der Waals surface area (Å²) in [5.74, 6) is -2.43. The second kappa shape index (κ2) is 6.93. The van der Waals surface area contributed by atoms with E-state index in [0.717, 1.165) is 29.1 Å². The molecule has 142 valence electrons. The van der Waals surface area contributed by atoms with Crippen molar-refractivity contribution in [2.24, 2.45) is 7.05 Å². The van der Waals surface area contributed by atoms with Gasteiger partial charge in [0.05, 0.1) is 11.3 Å². The number of benzene rings is 1. The van der Waals surface area contributed by atoms with Crippen LogP contribution in [0.15, 0.2) is 36.5 Å². The van der Waals surface area contributed by atoms with Gasteiger partial charge in [-0.2, -0.15) is 18.3 Å². The summed E-state index contributed by atoms with van der Waals surface area (Å²) in [6.45, 7) is -0.284. The van der Waals surface area contributed by atoms with Crippen LogP contribution in [0.1, 0.15) is 11.3 Å². The molecule has 3 rings (SSSR count). The summed E-state index contributed by atoms with van der Waals surface area (Å²) in [6, 6.07) is 5.01. The van der Waals surface area contributed by atoms with Crippen LogP contribution in [0, 0.1) is 17.5 Å². The average molecular weight is 386 g/mol. The molecule has 0 saturated heterocycles. The zero-order valence-electron chi connectivity index (χ0n) is 13.8. The fourth-order valence-electron chi connectivity index (χ4n) is 2.45. The Morgan fingerprint density at radius 2 is 1.70 bits per heavy atom. The van der Waals surface area contributed by atoms with Crippen molar-refractivity contribution in [2.75, 3.05) is 5.32 Å². The maximum Gasteiger partial charge on any atom is 0.435 e. The Hall–Kier alpha value is -3.04. The maximum atomic E-state index is 14.4. The van der Waals surface area contributed by atoms with Gasteiger partial charge in [-0.05, 0) is 18.2 Å². The third-order valence-electron chi connectivity index (χ3n) is 3.81. The fraction of sp³-hybridized carbons (Fsp3) is 0.176. The van der Waals surface area contributed by atoms with E-state index in [1.807, 2.05) is 0 Å². The first kappa shape index (κ1) is 18.7. The first-order chi connectivity index (χ1) is 12.7. The summed E-state index contributed by atoms with van der Waals surface area (Å²) >= 11 is 0. The molecule has 0 amide bonds. The third-order valence-corrected chi connectivity index (χ3v) is 3.81. The van der Waals surface area contributed by atoms with E-state index in [9.17, 15) is 26.3 Å². The number of hydrogen-bond donors (Lipinski definition) is 1. The van der Waals surface area contributed by atoms with Crippen molar-refractivity contribution in [3.8, 4) is 11.3 Å². The molecule has 0 bridgehead atoms. The monoisotopic (exact) mass is 386 g/mol. The predicted molar refractivity (Wildman–Crippen MR) is 85.1 cm³/mol. The highest BCUT2D eigenvalue weighted by Gasteiger charge is 2.35. The van der Waals surface area contributed by atoms with Gasteiger partial charge in [0.2, 0.25) is 0 Å². The highest BCUT2D eigenvalue weighted by Crippen LogP contribution is 2.32. The lowest BCUT2D eigenvalue weighted by Gasteiger charge is -2.09. The van der Waals surface area contributed by atoms with Crippen molar-refractivity contribution in [3.63, 3.8) is 0 Å². The maximum absolute atomic E-state index is 14.4. The van der Waals surface area contributed by atoms with E-state index in [0.29, 0.717) is 6.07 Å². The van der Waals surface area contributed by atoms with Crippen molar-refractivity contribution < 1.29 is 26.3 Å². The third kappa shape index (κ3) is 3.88. The number of nitrogens with one attached hydrogen (secondary N) is 1. The molecule has 0 aliphatic heterocycles. The molecule has 27 heavy (non-hydrogen) atoms. The van der Waals surface area contributed by atoms with Crippen LogP contribution in [0.2, 0.25) is 0 Å². The van der Waals surface area contributed by atoms with Crippen LogP contribution in [-0.2, 0) is 19.8 Å². The lowest BCUT2D eigenvalue weighted by Crippen LogP contribution is -2.07. The SMILES string of the molecule is Cn1nc(C(F)(F)F)cc1-c1cnc(NCc2c(F)cccc2F)cc1F. The van der Waals surface area contributed by atoms with E-state index < -0.39 is 29.3 Å². The van der Waals surface area contributed by atoms with Crippen LogP contribution in [0.3, 0.4) is 0 Å². The molecule has 2 aromatic heterocycles. The Kier molecular flexibility index (Phi) is 4.81. The van der Waals surface area contributed by atoms with E-state index >= 15 is 0 Å². The summed E-state index contributed by atoms with van der Waals surface area (Å²) in [5.41, 5.74) is -1.70. The second-order valence-corrected chi connectivity index (χ2v) is 5.64. The number of rotatable bonds is 4. The summed E-state index contributed by atoms with van der Waals surface area (Å²) in [5, 5.41) is 5.89. The first-order valence-electron chi connectivity index (χ1n) is 7.60. The van der Waals surface area contributed by atoms with Gasteiger partial charge >= 0.3 is 6.18 Å². The summed E-state index contributed by atoms with van der Waals surface area (Å²) in [6.07, 6.45) is -3.64. The van der Waals surface area contributed by atoms with Crippen LogP contribution in [-0.4, -0.2) is 14.8 Å². The fourth-order valence-corrected chi connectivity index (χ4v) is 2.45. The number of anilines is 1. The van der Waals surface area contributed by atoms with Crippen molar-refractivity contribution in [1.29, 1.82) is 0 Å². The van der Waals surface area contributed by atoms with Gasteiger partial charge < -0.3 is 5.32 Å². The van der Waals surface area contributed by atoms with E-state index in [2.05, 4.69) is 15.4 Å². The molecule has 1 N–H and O–H groups in total. The molecule has 0 aliphatic carbocycles. The summed E-state index contributed by atoms with van der Waals surface area (Å²) in [7, 11) is 1.25. The number of halogens is 6. The number of alkyl halides is 3. The van der Waals surface area contributed by atoms with Crippen LogP contribution in [0.4, 0.5) is 32.2 Å². The molecule has 0 spiro atoms. The molecule has 2 heterocycles. The quantitative estimate of drug-likeness (QED) is 0.670. The Bertz CT molecular complexity index is 960. The van der Waals surface area contributed by atoms with E-state index in [-0.39, 0.29) is 29.2 Å². The van der Waals surface area contributed by atoms with Gasteiger partial charge in [-0.15, -0.1) is 0 Å². The Morgan fingerprint density at radius 1 is 1.04 bits per heavy atom. The molecule has 3 aromatic rings. The van der Waals surface area contributed by atoms with E-state index in [1.54, 1.807) is 0 Å². The van der Waals surface area contributed by atoms with Gasteiger partial charge in [0, 0.05) is 31.4 Å². The zero-order chi connectivity index (χ0) is 19.8. The standard InChI is InChI=1S/C17H12F6N4/c1-27-14(6-15(26-27)17(21,22)23)10-8-25-16(5-13(10)20)24-7-9-11(18)3-2-4-12(9)19/h2-6,8H,7H2,1H3,(H,24,25). The Balaban J connectivity index is 1.83. The van der Waals surface area contributed by atoms with Crippen LogP contribution in [0.5, 0.6) is 0 Å². The Labute approximate surface area is 149 Å². The van der Waals surface area contributed by atoms with Gasteiger partial charge in [-0.3, -0.25) is 4.68 Å². The molecule has 0 unspecified atom stereocenters. The summed E-state index contributed by atoms with van der Waals surface area (Å²) in [4.78, 5) is 3.88. The minimum absolute atomic E-state index is 0.0304. The number of aryl methyl sites for hydroxylation is 1. The normalized spacial score (nSPS) is 11.7. The molecular formula is C17H12F6N4. The molecule has 0 fully saturated rings. The number of hydrogen-bond acceptors (Lipinski definition) is 3. The number of aromatic nitrogens is 3. The second-order valence-electron chi connectivity index (χ2n) is 5.64. The van der Waals surface area contributed by atoms with Crippen LogP contribution in [0.25, 0.3) is 11.3 Å². The molecule has 1 aromatic carbocycles. The molecule has 4 nitrogen and oxygen atoms in total. The predicted octanol–water partition coefficient (Wildman–Crippen LogP) is 4.53. The number of pyridine rings is 1. The van der Waals surface area contributed by atoms with Gasteiger partial charge in [-0.1, -0.05) is 6.07 Å². The van der Waals surface area contributed by atoms with Gasteiger partial charge in [0.1, 0.15) is 23.3 Å². The first-order valence-corrected chi connectivity index (χ1v) is 7.60. The van der Waals surface area contributed by atoms with Gasteiger partial charge in [-0.25, -0.2) is 18.2 Å². The van der Waals surface area contributed by atoms with Crippen LogP contribution >= 0.6 is 0 Å². The lowest BCUT2D eigenvalue weighted by atomic mass is 10.1.